The number of nitrogens with zero attached hydrogens (tertiary/aromatic N) is 2. The van der Waals surface area contributed by atoms with Crippen molar-refractivity contribution in [3.63, 3.8) is 0 Å². The number of aromatic nitrogens is 2. The second-order valence-electron chi connectivity index (χ2n) is 4.79. The lowest BCUT2D eigenvalue weighted by Crippen LogP contribution is -2.31. The van der Waals surface area contributed by atoms with E-state index in [4.69, 9.17) is 4.42 Å². The van der Waals surface area contributed by atoms with Crippen molar-refractivity contribution in [1.29, 1.82) is 0 Å². The topological polar surface area (TPSA) is 85.1 Å². The van der Waals surface area contributed by atoms with E-state index < -0.39 is 16.1 Å². The van der Waals surface area contributed by atoms with Crippen molar-refractivity contribution in [2.24, 2.45) is 0 Å². The lowest BCUT2D eigenvalue weighted by Gasteiger charge is -2.15. The molecule has 1 aromatic carbocycles. The first-order chi connectivity index (χ1) is 10.0. The van der Waals surface area contributed by atoms with E-state index in [1.165, 1.54) is 0 Å². The normalized spacial score (nSPS) is 13.2. The maximum Gasteiger partial charge on any atom is 0.238 e. The fraction of sp³-hybridized carbons (Fsp3) is 0.429. The lowest BCUT2D eigenvalue weighted by atomic mass is 10.1. The van der Waals surface area contributed by atoms with Gasteiger partial charge < -0.3 is 4.42 Å². The van der Waals surface area contributed by atoms with Crippen molar-refractivity contribution in [2.75, 3.05) is 5.75 Å². The maximum atomic E-state index is 12.2. The first-order valence-electron chi connectivity index (χ1n) is 6.87. The highest BCUT2D eigenvalue weighted by Gasteiger charge is 2.25. The van der Waals surface area contributed by atoms with Crippen LogP contribution in [0, 0.1) is 6.92 Å². The van der Waals surface area contributed by atoms with Gasteiger partial charge in [-0.15, -0.1) is 10.2 Å². The molecule has 0 bridgehead atoms. The average molecular weight is 309 g/mol. The van der Waals surface area contributed by atoms with E-state index >= 15 is 0 Å². The molecule has 2 rings (SSSR count). The molecule has 1 N–H and O–H groups in total. The zero-order valence-corrected chi connectivity index (χ0v) is 12.9. The van der Waals surface area contributed by atoms with Gasteiger partial charge in [-0.2, -0.15) is 4.72 Å². The van der Waals surface area contributed by atoms with Gasteiger partial charge in [0.25, 0.3) is 0 Å². The summed E-state index contributed by atoms with van der Waals surface area (Å²) >= 11 is 0. The molecule has 0 fully saturated rings. The number of hydrogen-bond acceptors (Lipinski definition) is 5. The van der Waals surface area contributed by atoms with Crippen molar-refractivity contribution in [2.45, 2.75) is 32.7 Å². The number of rotatable bonds is 7. The molecule has 0 radical (unpaired) electrons. The first-order valence-corrected chi connectivity index (χ1v) is 8.52. The molecular formula is C14H19N3O3S. The van der Waals surface area contributed by atoms with E-state index in [9.17, 15) is 8.42 Å². The summed E-state index contributed by atoms with van der Waals surface area (Å²) in [5, 5.41) is 7.72. The van der Waals surface area contributed by atoms with Gasteiger partial charge in [0.15, 0.2) is 0 Å². The summed E-state index contributed by atoms with van der Waals surface area (Å²) < 4.78 is 32.4. The molecule has 2 aromatic rings. The summed E-state index contributed by atoms with van der Waals surface area (Å²) in [7, 11) is -3.41. The summed E-state index contributed by atoms with van der Waals surface area (Å²) in [6.07, 6.45) is 1.43. The Kier molecular flexibility index (Phi) is 5.08. The number of benzene rings is 1. The molecule has 0 aliphatic heterocycles. The van der Waals surface area contributed by atoms with Crippen LogP contribution in [-0.2, 0) is 10.0 Å². The smallest absolute Gasteiger partial charge is 0.238 e. The van der Waals surface area contributed by atoms with Gasteiger partial charge in [0.1, 0.15) is 6.04 Å². The molecule has 0 aliphatic rings. The van der Waals surface area contributed by atoms with Gasteiger partial charge in [-0.05, 0) is 12.0 Å². The number of hydrogen-bond donors (Lipinski definition) is 1. The molecule has 0 saturated heterocycles. The SMILES string of the molecule is CCCCS(=O)(=O)NC(c1ccccc1)c1nnc(C)o1. The van der Waals surface area contributed by atoms with Crippen LogP contribution in [0.4, 0.5) is 0 Å². The fourth-order valence-corrected chi connectivity index (χ4v) is 3.29. The molecule has 7 heteroatoms. The van der Waals surface area contributed by atoms with Crippen LogP contribution < -0.4 is 4.72 Å². The Hall–Kier alpha value is -1.73. The van der Waals surface area contributed by atoms with Gasteiger partial charge in [-0.3, -0.25) is 0 Å². The Morgan fingerprint density at radius 2 is 1.95 bits per heavy atom. The molecule has 21 heavy (non-hydrogen) atoms. The molecule has 0 spiro atoms. The van der Waals surface area contributed by atoms with Crippen LogP contribution in [0.25, 0.3) is 0 Å². The molecule has 114 valence electrons. The van der Waals surface area contributed by atoms with Crippen LogP contribution in [0.1, 0.15) is 43.2 Å². The Morgan fingerprint density at radius 1 is 1.24 bits per heavy atom. The summed E-state index contributed by atoms with van der Waals surface area (Å²) in [6.45, 7) is 3.62. The highest BCUT2D eigenvalue weighted by Crippen LogP contribution is 2.22. The van der Waals surface area contributed by atoms with Crippen LogP contribution in [0.3, 0.4) is 0 Å². The molecule has 0 aliphatic carbocycles. The van der Waals surface area contributed by atoms with Gasteiger partial charge in [0.2, 0.25) is 21.8 Å². The molecule has 0 saturated carbocycles. The van der Waals surface area contributed by atoms with Crippen molar-refractivity contribution < 1.29 is 12.8 Å². The van der Waals surface area contributed by atoms with E-state index in [-0.39, 0.29) is 11.6 Å². The average Bonchev–Trinajstić information content (AvgIpc) is 2.90. The highest BCUT2D eigenvalue weighted by molar-refractivity contribution is 7.89. The van der Waals surface area contributed by atoms with Gasteiger partial charge in [0.05, 0.1) is 5.75 Å². The van der Waals surface area contributed by atoms with E-state index in [1.807, 2.05) is 37.3 Å². The second kappa shape index (κ2) is 6.82. The second-order valence-corrected chi connectivity index (χ2v) is 6.67. The van der Waals surface area contributed by atoms with Gasteiger partial charge >= 0.3 is 0 Å². The zero-order valence-electron chi connectivity index (χ0n) is 12.1. The zero-order chi connectivity index (χ0) is 15.3. The van der Waals surface area contributed by atoms with Crippen LogP contribution in [0.2, 0.25) is 0 Å². The highest BCUT2D eigenvalue weighted by atomic mass is 32.2. The third-order valence-corrected chi connectivity index (χ3v) is 4.41. The number of aryl methyl sites for hydroxylation is 1. The maximum absolute atomic E-state index is 12.2. The minimum atomic E-state index is -3.41. The molecular weight excluding hydrogens is 290 g/mol. The number of sulfonamides is 1. The quantitative estimate of drug-likeness (QED) is 0.847. The summed E-state index contributed by atoms with van der Waals surface area (Å²) in [4.78, 5) is 0. The summed E-state index contributed by atoms with van der Waals surface area (Å²) in [5.74, 6) is 0.734. The van der Waals surface area contributed by atoms with Crippen LogP contribution in [-0.4, -0.2) is 24.4 Å². The number of nitrogens with one attached hydrogen (secondary N) is 1. The van der Waals surface area contributed by atoms with Crippen molar-refractivity contribution >= 4 is 10.0 Å². The van der Waals surface area contributed by atoms with E-state index in [1.54, 1.807) is 6.92 Å². The Morgan fingerprint density at radius 3 is 2.52 bits per heavy atom. The monoisotopic (exact) mass is 309 g/mol. The molecule has 1 heterocycles. The number of unbranched alkanes of at least 4 members (excludes halogenated alkanes) is 1. The third kappa shape index (κ3) is 4.37. The van der Waals surface area contributed by atoms with Crippen LogP contribution >= 0.6 is 0 Å². The van der Waals surface area contributed by atoms with E-state index in [0.717, 1.165) is 12.0 Å². The Bertz CT molecular complexity index is 668. The molecule has 6 nitrogen and oxygen atoms in total. The van der Waals surface area contributed by atoms with Crippen molar-refractivity contribution in [3.05, 3.63) is 47.7 Å². The largest absolute Gasteiger partial charge is 0.423 e. The molecule has 1 atom stereocenters. The van der Waals surface area contributed by atoms with Crippen molar-refractivity contribution in [3.8, 4) is 0 Å². The third-order valence-electron chi connectivity index (χ3n) is 2.99. The fourth-order valence-electron chi connectivity index (χ4n) is 1.91. The molecule has 1 aromatic heterocycles. The predicted octanol–water partition coefficient (Wildman–Crippen LogP) is 2.19. The van der Waals surface area contributed by atoms with E-state index in [0.29, 0.717) is 12.3 Å². The Labute approximate surface area is 124 Å². The van der Waals surface area contributed by atoms with Crippen LogP contribution in [0.5, 0.6) is 0 Å². The Balaban J connectivity index is 2.29. The first kappa shape index (κ1) is 15.7. The standard InChI is InChI=1S/C14H19N3O3S/c1-3-4-10-21(18,19)17-13(12-8-6-5-7-9-12)14-16-15-11(2)20-14/h5-9,13,17H,3-4,10H2,1-2H3. The minimum Gasteiger partial charge on any atom is -0.423 e. The van der Waals surface area contributed by atoms with Crippen molar-refractivity contribution in [1.82, 2.24) is 14.9 Å². The van der Waals surface area contributed by atoms with Gasteiger partial charge in [-0.1, -0.05) is 43.7 Å². The van der Waals surface area contributed by atoms with Crippen LogP contribution in [0.15, 0.2) is 34.7 Å². The lowest BCUT2D eigenvalue weighted by molar-refractivity contribution is 0.436. The van der Waals surface area contributed by atoms with E-state index in [2.05, 4.69) is 14.9 Å². The predicted molar refractivity (Wildman–Crippen MR) is 79.2 cm³/mol. The minimum absolute atomic E-state index is 0.0833. The molecule has 0 amide bonds. The summed E-state index contributed by atoms with van der Waals surface area (Å²) in [5.41, 5.74) is 0.765. The summed E-state index contributed by atoms with van der Waals surface area (Å²) in [6, 6.07) is 8.54. The van der Waals surface area contributed by atoms with Gasteiger partial charge in [-0.25, -0.2) is 8.42 Å². The van der Waals surface area contributed by atoms with Gasteiger partial charge in [0, 0.05) is 6.92 Å². The molecule has 1 unspecified atom stereocenters.